The molecule has 0 radical (unpaired) electrons. The Balaban J connectivity index is 2.41. The number of anilines is 1. The van der Waals surface area contributed by atoms with Crippen molar-refractivity contribution in [2.24, 2.45) is 0 Å². The van der Waals surface area contributed by atoms with Gasteiger partial charge in [-0.15, -0.1) is 0 Å². The molecule has 0 unspecified atom stereocenters. The van der Waals surface area contributed by atoms with Crippen LogP contribution in [0.15, 0.2) is 12.5 Å². The van der Waals surface area contributed by atoms with Crippen LogP contribution in [-0.2, 0) is 6.54 Å². The fraction of sp³-hybridized carbons (Fsp3) is 0.167. The van der Waals surface area contributed by atoms with E-state index in [2.05, 4.69) is 20.6 Å². The van der Waals surface area contributed by atoms with Gasteiger partial charge in [-0.25, -0.2) is 14.8 Å². The number of hydrogen-bond acceptors (Lipinski definition) is 3. The van der Waals surface area contributed by atoms with Crippen LogP contribution in [0.1, 0.15) is 5.69 Å². The number of aromatic nitrogens is 2. The average molecular weight is 150 g/mol. The van der Waals surface area contributed by atoms with Crippen molar-refractivity contribution in [2.75, 3.05) is 5.32 Å². The topological polar surface area (TPSA) is 66.9 Å². The summed E-state index contributed by atoms with van der Waals surface area (Å²) in [6.45, 7) is 0.476. The van der Waals surface area contributed by atoms with Crippen LogP contribution in [0, 0.1) is 0 Å². The Hall–Kier alpha value is -1.65. The zero-order valence-electron chi connectivity index (χ0n) is 5.66. The van der Waals surface area contributed by atoms with Gasteiger partial charge >= 0.3 is 6.03 Å². The van der Waals surface area contributed by atoms with Crippen molar-refractivity contribution in [1.82, 2.24) is 15.3 Å². The highest BCUT2D eigenvalue weighted by Gasteiger charge is 2.13. The first kappa shape index (κ1) is 6.09. The Labute approximate surface area is 62.9 Å². The Bertz CT molecular complexity index is 298. The largest absolute Gasteiger partial charge is 0.332 e. The molecule has 2 heterocycles. The normalized spacial score (nSPS) is 14.7. The molecule has 0 bridgehead atoms. The van der Waals surface area contributed by atoms with E-state index in [0.29, 0.717) is 12.2 Å². The molecule has 1 aliphatic heterocycles. The first-order chi connectivity index (χ1) is 5.36. The molecule has 56 valence electrons. The van der Waals surface area contributed by atoms with Gasteiger partial charge in [-0.05, 0) is 0 Å². The number of urea groups is 1. The van der Waals surface area contributed by atoms with Crippen LogP contribution in [0.2, 0.25) is 0 Å². The zero-order chi connectivity index (χ0) is 7.68. The highest BCUT2D eigenvalue weighted by molar-refractivity contribution is 5.91. The van der Waals surface area contributed by atoms with Gasteiger partial charge in [0.15, 0.2) is 0 Å². The first-order valence-electron chi connectivity index (χ1n) is 3.20. The Morgan fingerprint density at radius 2 is 2.45 bits per heavy atom. The van der Waals surface area contributed by atoms with Crippen LogP contribution in [0.3, 0.4) is 0 Å². The predicted octanol–water partition coefficient (Wildman–Crippen LogP) is 0.112. The van der Waals surface area contributed by atoms with Crippen molar-refractivity contribution in [3.05, 3.63) is 18.2 Å². The summed E-state index contributed by atoms with van der Waals surface area (Å²) in [6.07, 6.45) is 3.04. The van der Waals surface area contributed by atoms with E-state index in [-0.39, 0.29) is 6.03 Å². The van der Waals surface area contributed by atoms with Gasteiger partial charge in [0.05, 0.1) is 24.1 Å². The third kappa shape index (κ3) is 1.000. The molecule has 0 aliphatic carbocycles. The molecule has 5 nitrogen and oxygen atoms in total. The fourth-order valence-electron chi connectivity index (χ4n) is 0.931. The smallest absolute Gasteiger partial charge is 0.319 e. The van der Waals surface area contributed by atoms with E-state index in [4.69, 9.17) is 0 Å². The third-order valence-electron chi connectivity index (χ3n) is 1.46. The molecule has 0 atom stereocenters. The lowest BCUT2D eigenvalue weighted by Crippen LogP contribution is -2.33. The van der Waals surface area contributed by atoms with E-state index in [9.17, 15) is 4.79 Å². The van der Waals surface area contributed by atoms with Crippen molar-refractivity contribution < 1.29 is 4.79 Å². The van der Waals surface area contributed by atoms with Crippen molar-refractivity contribution in [1.29, 1.82) is 0 Å². The number of fused-ring (bicyclic) bond motifs is 1. The summed E-state index contributed by atoms with van der Waals surface area (Å²) in [6, 6.07) is -0.202. The van der Waals surface area contributed by atoms with E-state index in [1.807, 2.05) is 0 Å². The highest BCUT2D eigenvalue weighted by Crippen LogP contribution is 2.12. The summed E-state index contributed by atoms with van der Waals surface area (Å²) in [5.41, 5.74) is 1.51. The second-order valence-corrected chi connectivity index (χ2v) is 2.19. The van der Waals surface area contributed by atoms with E-state index in [0.717, 1.165) is 5.69 Å². The third-order valence-corrected chi connectivity index (χ3v) is 1.46. The number of hydrogen-bond donors (Lipinski definition) is 2. The molecular weight excluding hydrogens is 144 g/mol. The lowest BCUT2D eigenvalue weighted by Gasteiger charge is -2.15. The molecule has 0 aromatic carbocycles. The fourth-order valence-corrected chi connectivity index (χ4v) is 0.931. The van der Waals surface area contributed by atoms with Crippen LogP contribution >= 0.6 is 0 Å². The van der Waals surface area contributed by atoms with Gasteiger partial charge in [0, 0.05) is 0 Å². The van der Waals surface area contributed by atoms with E-state index >= 15 is 0 Å². The molecule has 0 fully saturated rings. The van der Waals surface area contributed by atoms with Crippen molar-refractivity contribution in [3.8, 4) is 0 Å². The monoisotopic (exact) mass is 150 g/mol. The number of carbonyl (C=O) groups is 1. The van der Waals surface area contributed by atoms with Crippen molar-refractivity contribution in [3.63, 3.8) is 0 Å². The van der Waals surface area contributed by atoms with E-state index < -0.39 is 0 Å². The second-order valence-electron chi connectivity index (χ2n) is 2.19. The lowest BCUT2D eigenvalue weighted by atomic mass is 10.3. The summed E-state index contributed by atoms with van der Waals surface area (Å²) in [7, 11) is 0. The molecular formula is C6H6N4O. The van der Waals surface area contributed by atoms with Gasteiger partial charge in [-0.2, -0.15) is 0 Å². The summed E-state index contributed by atoms with van der Waals surface area (Å²) in [5, 5.41) is 5.18. The SMILES string of the molecule is O=C1NCc2ncncc2N1. The molecule has 1 aromatic rings. The maximum Gasteiger partial charge on any atom is 0.319 e. The molecule has 0 spiro atoms. The summed E-state index contributed by atoms with van der Waals surface area (Å²) in [5.74, 6) is 0. The van der Waals surface area contributed by atoms with Crippen molar-refractivity contribution in [2.45, 2.75) is 6.54 Å². The Morgan fingerprint density at radius 3 is 3.36 bits per heavy atom. The van der Waals surface area contributed by atoms with Gasteiger partial charge in [0.2, 0.25) is 0 Å². The lowest BCUT2D eigenvalue weighted by molar-refractivity contribution is 0.250. The van der Waals surface area contributed by atoms with Gasteiger partial charge in [-0.3, -0.25) is 0 Å². The predicted molar refractivity (Wildman–Crippen MR) is 37.9 cm³/mol. The standard InChI is InChI=1S/C6H6N4O/c11-6-8-2-4-5(10-6)1-7-3-9-4/h1,3H,2H2,(H2,8,10,11). The number of amides is 2. The number of nitrogens with zero attached hydrogens (tertiary/aromatic N) is 2. The van der Waals surface area contributed by atoms with Crippen LogP contribution in [0.4, 0.5) is 10.5 Å². The number of nitrogens with one attached hydrogen (secondary N) is 2. The molecule has 1 aromatic heterocycles. The maximum atomic E-state index is 10.7. The molecule has 2 amide bonds. The van der Waals surface area contributed by atoms with Crippen LogP contribution < -0.4 is 10.6 Å². The Morgan fingerprint density at radius 1 is 1.55 bits per heavy atom. The second kappa shape index (κ2) is 2.19. The number of rotatable bonds is 0. The first-order valence-corrected chi connectivity index (χ1v) is 3.20. The zero-order valence-corrected chi connectivity index (χ0v) is 5.66. The molecule has 11 heavy (non-hydrogen) atoms. The summed E-state index contributed by atoms with van der Waals surface area (Å²) >= 11 is 0. The van der Waals surface area contributed by atoms with Gasteiger partial charge < -0.3 is 10.6 Å². The molecule has 2 rings (SSSR count). The number of carbonyl (C=O) groups excluding carboxylic acids is 1. The molecule has 0 saturated carbocycles. The summed E-state index contributed by atoms with van der Waals surface area (Å²) in [4.78, 5) is 18.5. The molecule has 0 saturated heterocycles. The van der Waals surface area contributed by atoms with E-state index in [1.54, 1.807) is 6.20 Å². The van der Waals surface area contributed by atoms with Crippen molar-refractivity contribution >= 4 is 11.7 Å². The summed E-state index contributed by atoms with van der Waals surface area (Å²) < 4.78 is 0. The van der Waals surface area contributed by atoms with Crippen LogP contribution in [0.5, 0.6) is 0 Å². The van der Waals surface area contributed by atoms with E-state index in [1.165, 1.54) is 6.33 Å². The van der Waals surface area contributed by atoms with Crippen LogP contribution in [-0.4, -0.2) is 16.0 Å². The highest BCUT2D eigenvalue weighted by atomic mass is 16.2. The minimum Gasteiger partial charge on any atom is -0.332 e. The maximum absolute atomic E-state index is 10.7. The molecule has 5 heteroatoms. The minimum atomic E-state index is -0.202. The van der Waals surface area contributed by atoms with Gasteiger partial charge in [0.25, 0.3) is 0 Å². The van der Waals surface area contributed by atoms with Gasteiger partial charge in [0.1, 0.15) is 6.33 Å². The minimum absolute atomic E-state index is 0.202. The van der Waals surface area contributed by atoms with Crippen LogP contribution in [0.25, 0.3) is 0 Å². The quantitative estimate of drug-likeness (QED) is 0.551. The Kier molecular flexibility index (Phi) is 1.21. The molecule has 2 N–H and O–H groups in total. The molecule has 1 aliphatic rings. The average Bonchev–Trinajstić information content (AvgIpc) is 2.04. The van der Waals surface area contributed by atoms with Gasteiger partial charge in [-0.1, -0.05) is 0 Å².